The average molecular weight is 280 g/mol. The van der Waals surface area contributed by atoms with Gasteiger partial charge in [0.15, 0.2) is 5.79 Å². The van der Waals surface area contributed by atoms with E-state index in [1.54, 1.807) is 17.0 Å². The number of benzene rings is 1. The van der Waals surface area contributed by atoms with E-state index in [1.807, 2.05) is 0 Å². The van der Waals surface area contributed by atoms with E-state index in [-0.39, 0.29) is 11.8 Å². The van der Waals surface area contributed by atoms with Gasteiger partial charge in [0.2, 0.25) is 0 Å². The monoisotopic (exact) mass is 280 g/mol. The van der Waals surface area contributed by atoms with Gasteiger partial charge in [-0.2, -0.15) is 0 Å². The summed E-state index contributed by atoms with van der Waals surface area (Å²) in [5.74, 6) is -0.858. The number of likely N-dealkylation sites (tertiary alicyclic amines) is 1. The van der Waals surface area contributed by atoms with E-state index < -0.39 is 5.79 Å². The highest BCUT2D eigenvalue weighted by atomic mass is 19.1. The first-order chi connectivity index (χ1) is 9.67. The third-order valence-electron chi connectivity index (χ3n) is 3.70. The van der Waals surface area contributed by atoms with Crippen LogP contribution in [0, 0.1) is 5.82 Å². The summed E-state index contributed by atoms with van der Waals surface area (Å²) in [5.41, 5.74) is 0.462. The molecule has 1 aromatic carbocycles. The molecule has 1 aromatic rings. The lowest BCUT2D eigenvalue weighted by Gasteiger charge is -2.37. The van der Waals surface area contributed by atoms with Gasteiger partial charge in [-0.15, -0.1) is 0 Å². The molecule has 0 saturated carbocycles. The quantitative estimate of drug-likeness (QED) is 0.858. The molecule has 2 fully saturated rings. The zero-order chi connectivity index (χ0) is 14.0. The van der Waals surface area contributed by atoms with Crippen molar-refractivity contribution in [2.24, 2.45) is 0 Å². The second-order valence-electron chi connectivity index (χ2n) is 5.04. The topological polar surface area (TPSA) is 50.8 Å². The summed E-state index contributed by atoms with van der Waals surface area (Å²) in [6.07, 6.45) is 1.34. The van der Waals surface area contributed by atoms with Gasteiger partial charge in [0.05, 0.1) is 13.2 Å². The van der Waals surface area contributed by atoms with Crippen LogP contribution in [-0.4, -0.2) is 43.0 Å². The van der Waals surface area contributed by atoms with Gasteiger partial charge in [0, 0.05) is 31.6 Å². The maximum atomic E-state index is 13.1. The van der Waals surface area contributed by atoms with Crippen molar-refractivity contribution in [3.8, 4) is 0 Å². The van der Waals surface area contributed by atoms with Crippen LogP contribution < -0.4 is 5.32 Å². The van der Waals surface area contributed by atoms with Crippen molar-refractivity contribution in [3.63, 3.8) is 0 Å². The van der Waals surface area contributed by atoms with Crippen molar-refractivity contribution in [2.75, 3.05) is 31.6 Å². The molecule has 6 heteroatoms. The van der Waals surface area contributed by atoms with Crippen molar-refractivity contribution in [1.82, 2.24) is 4.90 Å². The van der Waals surface area contributed by atoms with Gasteiger partial charge in [-0.1, -0.05) is 6.07 Å². The number of piperidine rings is 1. The molecule has 0 radical (unpaired) electrons. The van der Waals surface area contributed by atoms with E-state index in [0.29, 0.717) is 44.8 Å². The highest BCUT2D eigenvalue weighted by Crippen LogP contribution is 2.31. The van der Waals surface area contributed by atoms with Gasteiger partial charge >= 0.3 is 6.03 Å². The molecule has 0 unspecified atom stereocenters. The van der Waals surface area contributed by atoms with Crippen LogP contribution in [0.5, 0.6) is 0 Å². The molecule has 3 rings (SSSR count). The summed E-state index contributed by atoms with van der Waals surface area (Å²) in [6, 6.07) is 5.65. The smallest absolute Gasteiger partial charge is 0.321 e. The molecule has 108 valence electrons. The van der Waals surface area contributed by atoms with Crippen molar-refractivity contribution < 1.29 is 18.7 Å². The third-order valence-corrected chi connectivity index (χ3v) is 3.70. The first-order valence-corrected chi connectivity index (χ1v) is 6.76. The molecule has 2 aliphatic heterocycles. The molecule has 2 heterocycles. The van der Waals surface area contributed by atoms with Crippen LogP contribution >= 0.6 is 0 Å². The van der Waals surface area contributed by atoms with E-state index in [0.717, 1.165) is 0 Å². The summed E-state index contributed by atoms with van der Waals surface area (Å²) >= 11 is 0. The van der Waals surface area contributed by atoms with Crippen molar-refractivity contribution >= 4 is 11.7 Å². The second kappa shape index (κ2) is 5.38. The lowest BCUT2D eigenvalue weighted by Crippen LogP contribution is -2.48. The van der Waals surface area contributed by atoms with E-state index in [9.17, 15) is 9.18 Å². The molecular weight excluding hydrogens is 263 g/mol. The lowest BCUT2D eigenvalue weighted by molar-refractivity contribution is -0.181. The van der Waals surface area contributed by atoms with Crippen LogP contribution in [0.1, 0.15) is 12.8 Å². The number of amides is 2. The normalized spacial score (nSPS) is 21.1. The summed E-state index contributed by atoms with van der Waals surface area (Å²) in [5, 5.41) is 2.70. The molecule has 1 N–H and O–H groups in total. The van der Waals surface area contributed by atoms with Gasteiger partial charge < -0.3 is 19.7 Å². The zero-order valence-corrected chi connectivity index (χ0v) is 11.1. The molecule has 0 aromatic heterocycles. The minimum Gasteiger partial charge on any atom is -0.347 e. The Kier molecular flexibility index (Phi) is 3.58. The van der Waals surface area contributed by atoms with Crippen molar-refractivity contribution in [1.29, 1.82) is 0 Å². The van der Waals surface area contributed by atoms with Gasteiger partial charge in [0.25, 0.3) is 0 Å². The Morgan fingerprint density at radius 1 is 1.25 bits per heavy atom. The Hall–Kier alpha value is -1.66. The fourth-order valence-corrected chi connectivity index (χ4v) is 2.60. The Morgan fingerprint density at radius 2 is 1.95 bits per heavy atom. The Bertz CT molecular complexity index is 493. The van der Waals surface area contributed by atoms with E-state index >= 15 is 0 Å². The first-order valence-electron chi connectivity index (χ1n) is 6.76. The fraction of sp³-hybridized carbons (Fsp3) is 0.500. The predicted molar refractivity (Wildman–Crippen MR) is 70.9 cm³/mol. The van der Waals surface area contributed by atoms with Crippen molar-refractivity contribution in [2.45, 2.75) is 18.6 Å². The SMILES string of the molecule is O=C(Nc1cccc(F)c1)N1CCC2(CC1)OCCO2. The molecule has 0 bridgehead atoms. The van der Waals surface area contributed by atoms with Gasteiger partial charge in [0.1, 0.15) is 5.82 Å². The standard InChI is InChI=1S/C14H17FN2O3/c15-11-2-1-3-12(10-11)16-13(18)17-6-4-14(5-7-17)19-8-9-20-14/h1-3,10H,4-9H2,(H,16,18). The number of halogens is 1. The number of nitrogens with zero attached hydrogens (tertiary/aromatic N) is 1. The molecule has 2 aliphatic rings. The number of hydrogen-bond donors (Lipinski definition) is 1. The second-order valence-corrected chi connectivity index (χ2v) is 5.04. The Morgan fingerprint density at radius 3 is 2.60 bits per heavy atom. The summed E-state index contributed by atoms with van der Waals surface area (Å²) in [6.45, 7) is 2.38. The molecule has 2 amide bonds. The molecule has 1 spiro atoms. The molecular formula is C14H17FN2O3. The number of ether oxygens (including phenoxy) is 2. The molecule has 20 heavy (non-hydrogen) atoms. The van der Waals surface area contributed by atoms with Gasteiger partial charge in [-0.05, 0) is 18.2 Å². The van der Waals surface area contributed by atoms with E-state index in [4.69, 9.17) is 9.47 Å². The number of urea groups is 1. The third kappa shape index (κ3) is 2.76. The number of anilines is 1. The van der Waals surface area contributed by atoms with Crippen LogP contribution in [0.25, 0.3) is 0 Å². The minimum atomic E-state index is -0.490. The minimum absolute atomic E-state index is 0.219. The number of rotatable bonds is 1. The van der Waals surface area contributed by atoms with Crippen LogP contribution in [-0.2, 0) is 9.47 Å². The van der Waals surface area contributed by atoms with Gasteiger partial charge in [-0.25, -0.2) is 9.18 Å². The number of nitrogens with one attached hydrogen (secondary N) is 1. The summed E-state index contributed by atoms with van der Waals surface area (Å²) < 4.78 is 24.3. The average Bonchev–Trinajstić information content (AvgIpc) is 2.88. The first kappa shape index (κ1) is 13.3. The number of carbonyl (C=O) groups is 1. The van der Waals surface area contributed by atoms with E-state index in [2.05, 4.69) is 5.32 Å². The van der Waals surface area contributed by atoms with Gasteiger partial charge in [-0.3, -0.25) is 0 Å². The maximum Gasteiger partial charge on any atom is 0.321 e. The Labute approximate surface area is 116 Å². The predicted octanol–water partition coefficient (Wildman–Crippen LogP) is 2.20. The summed E-state index contributed by atoms with van der Waals surface area (Å²) in [7, 11) is 0. The van der Waals surface area contributed by atoms with Crippen LogP contribution in [0.15, 0.2) is 24.3 Å². The number of hydrogen-bond acceptors (Lipinski definition) is 3. The Balaban J connectivity index is 1.56. The molecule has 2 saturated heterocycles. The highest BCUT2D eigenvalue weighted by Gasteiger charge is 2.40. The van der Waals surface area contributed by atoms with Crippen LogP contribution in [0.3, 0.4) is 0 Å². The fourth-order valence-electron chi connectivity index (χ4n) is 2.60. The maximum absolute atomic E-state index is 13.1. The number of carbonyl (C=O) groups excluding carboxylic acids is 1. The van der Waals surface area contributed by atoms with E-state index in [1.165, 1.54) is 12.1 Å². The van der Waals surface area contributed by atoms with Crippen LogP contribution in [0.4, 0.5) is 14.9 Å². The van der Waals surface area contributed by atoms with Crippen LogP contribution in [0.2, 0.25) is 0 Å². The summed E-state index contributed by atoms with van der Waals surface area (Å²) in [4.78, 5) is 13.8. The molecule has 5 nitrogen and oxygen atoms in total. The molecule has 0 aliphatic carbocycles. The lowest BCUT2D eigenvalue weighted by atomic mass is 10.0. The largest absolute Gasteiger partial charge is 0.347 e. The van der Waals surface area contributed by atoms with Crippen molar-refractivity contribution in [3.05, 3.63) is 30.1 Å². The zero-order valence-electron chi connectivity index (χ0n) is 11.1. The molecule has 0 atom stereocenters. The highest BCUT2D eigenvalue weighted by molar-refractivity contribution is 5.89.